The van der Waals surface area contributed by atoms with Crippen molar-refractivity contribution in [1.82, 2.24) is 9.88 Å². The number of ether oxygens (including phenoxy) is 3. The number of esters is 1. The van der Waals surface area contributed by atoms with E-state index >= 15 is 0 Å². The number of rotatable bonds is 6. The van der Waals surface area contributed by atoms with E-state index in [0.29, 0.717) is 23.7 Å². The molecule has 0 atom stereocenters. The average molecular weight is 423 g/mol. The second kappa shape index (κ2) is 8.69. The van der Waals surface area contributed by atoms with Crippen LogP contribution in [0.2, 0.25) is 0 Å². The molecule has 31 heavy (non-hydrogen) atoms. The van der Waals surface area contributed by atoms with Gasteiger partial charge in [-0.2, -0.15) is 0 Å². The van der Waals surface area contributed by atoms with E-state index < -0.39 is 5.97 Å². The summed E-state index contributed by atoms with van der Waals surface area (Å²) in [6, 6.07) is 11.4. The molecule has 0 aliphatic carbocycles. The highest BCUT2D eigenvalue weighted by Gasteiger charge is 2.24. The number of anilines is 1. The fourth-order valence-corrected chi connectivity index (χ4v) is 3.99. The monoisotopic (exact) mass is 423 g/mol. The van der Waals surface area contributed by atoms with E-state index in [-0.39, 0.29) is 18.1 Å². The number of aromatic nitrogens is 1. The summed E-state index contributed by atoms with van der Waals surface area (Å²) in [5, 5.41) is 3.66. The number of carbonyl (C=O) groups excluding carboxylic acids is 2. The molecule has 162 valence electrons. The molecule has 1 aliphatic heterocycles. The maximum atomic E-state index is 12.9. The van der Waals surface area contributed by atoms with Gasteiger partial charge in [-0.15, -0.1) is 0 Å². The Labute approximate surface area is 180 Å². The zero-order valence-electron chi connectivity index (χ0n) is 17.8. The highest BCUT2D eigenvalue weighted by atomic mass is 16.5. The Morgan fingerprint density at radius 2 is 1.77 bits per heavy atom. The first-order valence-electron chi connectivity index (χ1n) is 9.99. The summed E-state index contributed by atoms with van der Waals surface area (Å²) in [5.41, 5.74) is 3.73. The molecule has 0 radical (unpaired) electrons. The number of para-hydroxylation sites is 1. The summed E-state index contributed by atoms with van der Waals surface area (Å²) in [6.07, 6.45) is 0.809. The summed E-state index contributed by atoms with van der Waals surface area (Å²) in [6.45, 7) is 1.57. The molecule has 2 N–H and O–H groups in total. The maximum Gasteiger partial charge on any atom is 0.356 e. The molecule has 0 spiro atoms. The van der Waals surface area contributed by atoms with Crippen molar-refractivity contribution in [2.45, 2.75) is 13.0 Å². The first-order chi connectivity index (χ1) is 15.0. The molecule has 0 unspecified atom stereocenters. The van der Waals surface area contributed by atoms with Gasteiger partial charge in [0.25, 0.3) is 0 Å². The van der Waals surface area contributed by atoms with Gasteiger partial charge < -0.3 is 24.5 Å². The van der Waals surface area contributed by atoms with Crippen molar-refractivity contribution >= 4 is 28.5 Å². The molecule has 0 saturated carbocycles. The van der Waals surface area contributed by atoms with Gasteiger partial charge in [-0.25, -0.2) is 4.79 Å². The molecule has 1 aromatic heterocycles. The predicted molar refractivity (Wildman–Crippen MR) is 117 cm³/mol. The van der Waals surface area contributed by atoms with E-state index in [2.05, 4.69) is 15.2 Å². The molecule has 3 aromatic rings. The number of benzene rings is 2. The van der Waals surface area contributed by atoms with Gasteiger partial charge in [0, 0.05) is 24.0 Å². The van der Waals surface area contributed by atoms with Crippen LogP contribution in [0.15, 0.2) is 36.4 Å². The third kappa shape index (κ3) is 4.06. The lowest BCUT2D eigenvalue weighted by Gasteiger charge is -2.29. The Balaban J connectivity index is 1.51. The normalized spacial score (nSPS) is 13.5. The minimum Gasteiger partial charge on any atom is -0.493 e. The van der Waals surface area contributed by atoms with E-state index in [1.807, 2.05) is 36.4 Å². The second-order valence-electron chi connectivity index (χ2n) is 7.40. The van der Waals surface area contributed by atoms with Crippen LogP contribution in [0, 0.1) is 0 Å². The summed E-state index contributed by atoms with van der Waals surface area (Å²) in [7, 11) is 4.54. The van der Waals surface area contributed by atoms with Crippen molar-refractivity contribution in [2.24, 2.45) is 0 Å². The SMILES string of the molecule is COC(=O)c1[nH]c2ccccc2c1NC(=O)CN1CCc2cc(OC)c(OC)cc2C1. The van der Waals surface area contributed by atoms with Gasteiger partial charge in [0.2, 0.25) is 5.91 Å². The molecule has 2 aromatic carbocycles. The molecular weight excluding hydrogens is 398 g/mol. The summed E-state index contributed by atoms with van der Waals surface area (Å²) in [4.78, 5) is 30.1. The van der Waals surface area contributed by atoms with Crippen LogP contribution in [0.5, 0.6) is 11.5 Å². The number of methoxy groups -OCH3 is 3. The molecule has 0 saturated heterocycles. The number of hydrogen-bond donors (Lipinski definition) is 2. The van der Waals surface area contributed by atoms with Crippen molar-refractivity contribution in [1.29, 1.82) is 0 Å². The van der Waals surface area contributed by atoms with Crippen LogP contribution in [0.1, 0.15) is 21.6 Å². The molecule has 0 bridgehead atoms. The molecule has 0 fully saturated rings. The van der Waals surface area contributed by atoms with Crippen LogP contribution in [0.4, 0.5) is 5.69 Å². The number of nitrogens with zero attached hydrogens (tertiary/aromatic N) is 1. The first-order valence-corrected chi connectivity index (χ1v) is 9.99. The van der Waals surface area contributed by atoms with Crippen LogP contribution < -0.4 is 14.8 Å². The number of H-pyrrole nitrogens is 1. The van der Waals surface area contributed by atoms with Gasteiger partial charge in [-0.1, -0.05) is 18.2 Å². The number of aromatic amines is 1. The van der Waals surface area contributed by atoms with Gasteiger partial charge in [-0.3, -0.25) is 9.69 Å². The smallest absolute Gasteiger partial charge is 0.356 e. The molecule has 4 rings (SSSR count). The van der Waals surface area contributed by atoms with Crippen molar-refractivity contribution in [3.8, 4) is 11.5 Å². The molecule has 8 nitrogen and oxygen atoms in total. The van der Waals surface area contributed by atoms with E-state index in [4.69, 9.17) is 14.2 Å². The van der Waals surface area contributed by atoms with E-state index in [1.54, 1.807) is 14.2 Å². The largest absolute Gasteiger partial charge is 0.493 e. The van der Waals surface area contributed by atoms with Crippen molar-refractivity contribution in [3.63, 3.8) is 0 Å². The second-order valence-corrected chi connectivity index (χ2v) is 7.40. The number of hydrogen-bond acceptors (Lipinski definition) is 6. The topological polar surface area (TPSA) is 92.9 Å². The van der Waals surface area contributed by atoms with E-state index in [0.717, 1.165) is 29.4 Å². The van der Waals surface area contributed by atoms with Crippen molar-refractivity contribution in [2.75, 3.05) is 39.7 Å². The number of nitrogens with one attached hydrogen (secondary N) is 2. The van der Waals surface area contributed by atoms with Gasteiger partial charge >= 0.3 is 5.97 Å². The lowest BCUT2D eigenvalue weighted by Crippen LogP contribution is -2.37. The summed E-state index contributed by atoms with van der Waals surface area (Å²) in [5.74, 6) is 0.662. The van der Waals surface area contributed by atoms with Crippen LogP contribution in [0.3, 0.4) is 0 Å². The number of carbonyl (C=O) groups is 2. The minimum absolute atomic E-state index is 0.196. The highest BCUT2D eigenvalue weighted by molar-refractivity contribution is 6.11. The van der Waals surface area contributed by atoms with Crippen LogP contribution in [-0.2, 0) is 22.5 Å². The lowest BCUT2D eigenvalue weighted by atomic mass is 9.99. The quantitative estimate of drug-likeness (QED) is 0.592. The lowest BCUT2D eigenvalue weighted by molar-refractivity contribution is -0.117. The third-order valence-electron chi connectivity index (χ3n) is 5.52. The Morgan fingerprint density at radius 3 is 2.48 bits per heavy atom. The van der Waals surface area contributed by atoms with Gasteiger partial charge in [-0.05, 0) is 35.7 Å². The molecular formula is C23H25N3O5. The molecule has 8 heteroatoms. The number of amides is 1. The Hall–Kier alpha value is -3.52. The Kier molecular flexibility index (Phi) is 5.81. The van der Waals surface area contributed by atoms with Gasteiger partial charge in [0.15, 0.2) is 11.5 Å². The van der Waals surface area contributed by atoms with Crippen molar-refractivity contribution in [3.05, 3.63) is 53.2 Å². The summed E-state index contributed by atoms with van der Waals surface area (Å²) < 4.78 is 15.7. The van der Waals surface area contributed by atoms with E-state index in [1.165, 1.54) is 12.7 Å². The highest BCUT2D eigenvalue weighted by Crippen LogP contribution is 2.33. The maximum absolute atomic E-state index is 12.9. The standard InChI is InChI=1S/C23H25N3O5/c1-29-18-10-14-8-9-26(12-15(14)11-19(18)30-2)13-20(27)25-21-16-6-4-5-7-17(16)24-22(21)23(28)31-3/h4-7,10-11,24H,8-9,12-13H2,1-3H3,(H,25,27). The molecule has 1 amide bonds. The minimum atomic E-state index is -0.528. The third-order valence-corrected chi connectivity index (χ3v) is 5.52. The van der Waals surface area contributed by atoms with Crippen LogP contribution in [0.25, 0.3) is 10.9 Å². The first kappa shape index (κ1) is 20.7. The van der Waals surface area contributed by atoms with Crippen LogP contribution in [-0.4, -0.2) is 56.2 Å². The predicted octanol–water partition coefficient (Wildman–Crippen LogP) is 2.97. The van der Waals surface area contributed by atoms with Crippen molar-refractivity contribution < 1.29 is 23.8 Å². The zero-order chi connectivity index (χ0) is 22.0. The number of fused-ring (bicyclic) bond motifs is 2. The average Bonchev–Trinajstić information content (AvgIpc) is 3.15. The Morgan fingerprint density at radius 1 is 1.06 bits per heavy atom. The zero-order valence-corrected chi connectivity index (χ0v) is 17.8. The van der Waals surface area contributed by atoms with Crippen LogP contribution >= 0.6 is 0 Å². The molecule has 2 heterocycles. The fourth-order valence-electron chi connectivity index (χ4n) is 3.99. The summed E-state index contributed by atoms with van der Waals surface area (Å²) >= 11 is 0. The fraction of sp³-hybridized carbons (Fsp3) is 0.304. The molecule has 1 aliphatic rings. The van der Waals surface area contributed by atoms with Gasteiger partial charge in [0.05, 0.1) is 33.6 Å². The van der Waals surface area contributed by atoms with E-state index in [9.17, 15) is 9.59 Å². The Bertz CT molecular complexity index is 1140. The van der Waals surface area contributed by atoms with Gasteiger partial charge in [0.1, 0.15) is 5.69 Å².